The second kappa shape index (κ2) is 17.5. The molecule has 63 heavy (non-hydrogen) atoms. The van der Waals surface area contributed by atoms with Crippen LogP contribution in [0.15, 0.2) is 91.5 Å². The van der Waals surface area contributed by atoms with Gasteiger partial charge in [-0.15, -0.1) is 0 Å². The van der Waals surface area contributed by atoms with Crippen molar-refractivity contribution in [3.05, 3.63) is 108 Å². The van der Waals surface area contributed by atoms with Gasteiger partial charge in [-0.2, -0.15) is 0 Å². The van der Waals surface area contributed by atoms with Crippen molar-refractivity contribution in [2.75, 3.05) is 38.1 Å². The Morgan fingerprint density at radius 2 is 1.54 bits per heavy atom. The Morgan fingerprint density at radius 3 is 2.27 bits per heavy atom. The van der Waals surface area contributed by atoms with E-state index < -0.39 is 0 Å². The van der Waals surface area contributed by atoms with Gasteiger partial charge in [0.05, 0.1) is 18.7 Å². The normalized spacial score (nSPS) is 22.9. The number of fused-ring (bicyclic) bond motifs is 1. The van der Waals surface area contributed by atoms with Crippen LogP contribution in [0.3, 0.4) is 0 Å². The van der Waals surface area contributed by atoms with Crippen molar-refractivity contribution in [1.29, 1.82) is 0 Å². The molecular formula is C49H55N9O5. The van der Waals surface area contributed by atoms with Crippen LogP contribution < -0.4 is 20.7 Å². The Morgan fingerprint density at radius 1 is 0.810 bits per heavy atom. The summed E-state index contributed by atoms with van der Waals surface area (Å²) in [5.41, 5.74) is 6.09. The van der Waals surface area contributed by atoms with E-state index >= 15 is 0 Å². The Bertz CT molecular complexity index is 2440. The maximum absolute atomic E-state index is 13.1. The zero-order chi connectivity index (χ0) is 42.9. The summed E-state index contributed by atoms with van der Waals surface area (Å²) in [4.78, 5) is 67.8. The first-order valence-corrected chi connectivity index (χ1v) is 22.7. The number of rotatable bonds is 12. The number of hydrogen-bond donors (Lipinski definition) is 3. The number of imidazole rings is 1. The number of benzene rings is 3. The van der Waals surface area contributed by atoms with E-state index in [1.165, 1.54) is 18.4 Å². The highest BCUT2D eigenvalue weighted by atomic mass is 16.5. The fourth-order valence-electron chi connectivity index (χ4n) is 10.7. The van der Waals surface area contributed by atoms with Crippen molar-refractivity contribution in [2.45, 2.75) is 101 Å². The van der Waals surface area contributed by atoms with E-state index in [4.69, 9.17) is 9.72 Å². The van der Waals surface area contributed by atoms with Gasteiger partial charge in [0.2, 0.25) is 17.7 Å². The summed E-state index contributed by atoms with van der Waals surface area (Å²) in [7, 11) is 0. The maximum atomic E-state index is 13.1. The van der Waals surface area contributed by atoms with Crippen molar-refractivity contribution < 1.29 is 23.9 Å². The van der Waals surface area contributed by atoms with E-state index in [1.54, 1.807) is 18.5 Å². The molecule has 5 aromatic rings. The van der Waals surface area contributed by atoms with E-state index in [0.29, 0.717) is 48.2 Å². The second-order valence-corrected chi connectivity index (χ2v) is 18.5. The van der Waals surface area contributed by atoms with Crippen LogP contribution >= 0.6 is 0 Å². The van der Waals surface area contributed by atoms with Gasteiger partial charge in [-0.1, -0.05) is 54.6 Å². The number of piperidine rings is 3. The average Bonchev–Trinajstić information content (AvgIpc) is 3.71. The van der Waals surface area contributed by atoms with E-state index in [9.17, 15) is 19.2 Å². The van der Waals surface area contributed by atoms with Crippen molar-refractivity contribution in [1.82, 2.24) is 40.0 Å². The summed E-state index contributed by atoms with van der Waals surface area (Å²) in [5, 5.41) is 9.07. The van der Waals surface area contributed by atoms with Gasteiger partial charge in [0.15, 0.2) is 23.6 Å². The molecule has 14 heteroatoms. The lowest BCUT2D eigenvalue weighted by Crippen LogP contribution is -2.57. The number of nitrogens with zero attached hydrogens (tertiary/aromatic N) is 6. The lowest BCUT2D eigenvalue weighted by Gasteiger charge is -2.56. The summed E-state index contributed by atoms with van der Waals surface area (Å²) in [6.07, 6.45) is 13.2. The highest BCUT2D eigenvalue weighted by Gasteiger charge is 2.48. The van der Waals surface area contributed by atoms with Crippen LogP contribution in [0, 0.1) is 5.41 Å². The smallest absolute Gasteiger partial charge is 0.260 e. The molecule has 1 atom stereocenters. The number of aromatic nitrogens is 4. The molecule has 326 valence electrons. The number of carbonyl (C=O) groups is 4. The third kappa shape index (κ3) is 8.91. The quantitative estimate of drug-likeness (QED) is 0.124. The van der Waals surface area contributed by atoms with Crippen LogP contribution in [0.25, 0.3) is 11.2 Å². The highest BCUT2D eigenvalue weighted by molar-refractivity contribution is 6.01. The number of anilines is 2. The predicted octanol–water partition coefficient (Wildman–Crippen LogP) is 6.18. The number of imide groups is 1. The number of hydrogen-bond acceptors (Lipinski definition) is 10. The molecule has 5 heterocycles. The van der Waals surface area contributed by atoms with Gasteiger partial charge in [0.1, 0.15) is 12.1 Å². The summed E-state index contributed by atoms with van der Waals surface area (Å²) in [5.74, 6) is 1.07. The van der Waals surface area contributed by atoms with E-state index in [0.717, 1.165) is 92.7 Å². The van der Waals surface area contributed by atoms with Gasteiger partial charge in [-0.25, -0.2) is 15.0 Å². The molecule has 5 aliphatic rings. The zero-order valence-corrected chi connectivity index (χ0v) is 35.6. The molecule has 10 rings (SSSR count). The number of amides is 4. The number of ether oxygens (including phenoxy) is 1. The zero-order valence-electron chi connectivity index (χ0n) is 35.6. The summed E-state index contributed by atoms with van der Waals surface area (Å²) >= 11 is 0. The highest BCUT2D eigenvalue weighted by Crippen LogP contribution is 2.51. The Labute approximate surface area is 367 Å². The van der Waals surface area contributed by atoms with Gasteiger partial charge in [-0.05, 0) is 123 Å². The third-order valence-corrected chi connectivity index (χ3v) is 14.5. The number of nitrogens with one attached hydrogen (secondary N) is 3. The summed E-state index contributed by atoms with van der Waals surface area (Å²) in [6.45, 7) is 3.79. The molecule has 2 aliphatic carbocycles. The molecule has 3 saturated heterocycles. The van der Waals surface area contributed by atoms with Crippen molar-refractivity contribution in [2.24, 2.45) is 5.41 Å². The van der Waals surface area contributed by atoms with Gasteiger partial charge in [-0.3, -0.25) is 24.5 Å². The van der Waals surface area contributed by atoms with E-state index in [-0.39, 0.29) is 48.2 Å². The third-order valence-electron chi connectivity index (χ3n) is 14.5. The molecule has 0 radical (unpaired) electrons. The fourth-order valence-corrected chi connectivity index (χ4v) is 10.7. The monoisotopic (exact) mass is 849 g/mol. The molecule has 1 unspecified atom stereocenters. The minimum absolute atomic E-state index is 0.00133. The molecule has 14 nitrogen and oxygen atoms in total. The largest absolute Gasteiger partial charge is 0.484 e. The van der Waals surface area contributed by atoms with Gasteiger partial charge in [0, 0.05) is 43.3 Å². The molecule has 2 saturated carbocycles. The van der Waals surface area contributed by atoms with Crippen LogP contribution in [0.1, 0.15) is 98.8 Å². The number of likely N-dealkylation sites (tertiary alicyclic amines) is 2. The standard InChI is InChI=1S/C49H55N9O5/c59-42-15-14-41(48(62)55-42)35-8-12-40(13-9-35)63-29-44(61)57-22-18-49(19-23-57)27-39(28-49)56-20-16-34(17-21-56)33-6-10-36(11-7-33)54-46-45-47(51-30-50-46)58(31-52-45)38-25-37(26-38)53-43(60)24-32-4-2-1-3-5-32/h1-13,30-31,34,37-39,41H,14-29H2,(H,53,60)(H,50,51,54)(H,55,59,62). The molecule has 5 fully saturated rings. The van der Waals surface area contributed by atoms with Crippen molar-refractivity contribution in [3.8, 4) is 5.75 Å². The summed E-state index contributed by atoms with van der Waals surface area (Å²) in [6, 6.07) is 26.9. The first kappa shape index (κ1) is 40.9. The van der Waals surface area contributed by atoms with Gasteiger partial charge in [0.25, 0.3) is 5.91 Å². The van der Waals surface area contributed by atoms with Crippen LogP contribution in [-0.4, -0.2) is 97.8 Å². The SMILES string of the molecule is O=C1CCC(c2ccc(OCC(=O)N3CCC4(CC3)CC(N3CCC(c5ccc(Nc6ncnc7c6ncn7C6CC(NC(=O)Cc7ccccc7)C6)cc5)CC3)C4)cc2)C(=O)N1. The Hall–Kier alpha value is -6.15. The Balaban J connectivity index is 0.640. The lowest BCUT2D eigenvalue weighted by molar-refractivity contribution is -0.138. The van der Waals surface area contributed by atoms with Gasteiger partial charge >= 0.3 is 0 Å². The second-order valence-electron chi connectivity index (χ2n) is 18.5. The topological polar surface area (TPSA) is 164 Å². The molecule has 1 spiro atoms. The van der Waals surface area contributed by atoms with Crippen LogP contribution in [-0.2, 0) is 25.6 Å². The molecule has 3 aliphatic heterocycles. The molecule has 0 bridgehead atoms. The van der Waals surface area contributed by atoms with Gasteiger partial charge < -0.3 is 29.7 Å². The van der Waals surface area contributed by atoms with E-state index in [1.807, 2.05) is 53.7 Å². The van der Waals surface area contributed by atoms with Crippen LogP contribution in [0.5, 0.6) is 5.75 Å². The minimum atomic E-state index is -0.337. The minimum Gasteiger partial charge on any atom is -0.484 e. The average molecular weight is 850 g/mol. The molecule has 2 aromatic heterocycles. The first-order valence-electron chi connectivity index (χ1n) is 22.7. The van der Waals surface area contributed by atoms with Crippen LogP contribution in [0.4, 0.5) is 11.5 Å². The molecule has 3 N–H and O–H groups in total. The fraction of sp³-hybridized carbons (Fsp3) is 0.449. The van der Waals surface area contributed by atoms with Crippen molar-refractivity contribution >= 4 is 46.3 Å². The lowest BCUT2D eigenvalue weighted by atomic mass is 9.59. The van der Waals surface area contributed by atoms with Crippen LogP contribution in [0.2, 0.25) is 0 Å². The number of carbonyl (C=O) groups excluding carboxylic acids is 4. The maximum Gasteiger partial charge on any atom is 0.260 e. The van der Waals surface area contributed by atoms with Crippen molar-refractivity contribution in [3.63, 3.8) is 0 Å². The van der Waals surface area contributed by atoms with E-state index in [2.05, 4.69) is 59.7 Å². The predicted molar refractivity (Wildman–Crippen MR) is 237 cm³/mol. The Kier molecular flexibility index (Phi) is 11.4. The first-order chi connectivity index (χ1) is 30.7. The molecule has 4 amide bonds. The molecule has 3 aromatic carbocycles. The summed E-state index contributed by atoms with van der Waals surface area (Å²) < 4.78 is 7.96. The molecular weight excluding hydrogens is 795 g/mol.